The molecule has 3 aromatic rings. The van der Waals surface area contributed by atoms with Crippen LogP contribution in [0.3, 0.4) is 0 Å². The van der Waals surface area contributed by atoms with Crippen molar-refractivity contribution in [3.63, 3.8) is 0 Å². The molecule has 3 rings (SSSR count). The van der Waals surface area contributed by atoms with Crippen molar-refractivity contribution in [2.75, 3.05) is 13.2 Å². The lowest BCUT2D eigenvalue weighted by Crippen LogP contribution is -2.51. The van der Waals surface area contributed by atoms with E-state index in [0.29, 0.717) is 25.3 Å². The Morgan fingerprint density at radius 2 is 1.69 bits per heavy atom. The van der Waals surface area contributed by atoms with Crippen molar-refractivity contribution in [3.8, 4) is 5.75 Å². The predicted molar refractivity (Wildman–Crippen MR) is 146 cm³/mol. The number of carbonyl (C=O) groups is 2. The molecule has 0 unspecified atom stereocenters. The van der Waals surface area contributed by atoms with Crippen molar-refractivity contribution < 1.29 is 14.3 Å². The van der Waals surface area contributed by atoms with Crippen LogP contribution in [0, 0.1) is 6.92 Å². The fourth-order valence-corrected chi connectivity index (χ4v) is 4.15. The minimum Gasteiger partial charge on any atom is -0.484 e. The van der Waals surface area contributed by atoms with Crippen LogP contribution in [0.25, 0.3) is 0 Å². The number of nitrogens with zero attached hydrogens (tertiary/aromatic N) is 1. The maximum absolute atomic E-state index is 13.6. The zero-order chi connectivity index (χ0) is 25.2. The number of hydrogen-bond donors (Lipinski definition) is 1. The van der Waals surface area contributed by atoms with Gasteiger partial charge in [-0.2, -0.15) is 0 Å². The van der Waals surface area contributed by atoms with E-state index in [2.05, 4.69) is 37.2 Å². The number of aryl methyl sites for hydroxylation is 1. The Bertz CT molecular complexity index is 1120. The Hall–Kier alpha value is -2.64. The van der Waals surface area contributed by atoms with E-state index in [9.17, 15) is 9.59 Å². The first-order valence-corrected chi connectivity index (χ1v) is 13.2. The fraction of sp³-hybridized carbons (Fsp3) is 0.286. The Balaban J connectivity index is 1.88. The van der Waals surface area contributed by atoms with Crippen molar-refractivity contribution in [1.29, 1.82) is 0 Å². The summed E-state index contributed by atoms with van der Waals surface area (Å²) in [6.07, 6.45) is 1.23. The Labute approximate surface area is 224 Å². The Morgan fingerprint density at radius 3 is 2.34 bits per heavy atom. The van der Waals surface area contributed by atoms with Crippen molar-refractivity contribution in [3.05, 3.63) is 98.4 Å². The van der Waals surface area contributed by atoms with Gasteiger partial charge >= 0.3 is 0 Å². The molecule has 0 spiro atoms. The summed E-state index contributed by atoms with van der Waals surface area (Å²) in [5.41, 5.74) is 2.94. The molecule has 2 amide bonds. The van der Waals surface area contributed by atoms with Crippen molar-refractivity contribution in [1.82, 2.24) is 10.2 Å². The minimum absolute atomic E-state index is 0.163. The van der Waals surface area contributed by atoms with Gasteiger partial charge in [0, 0.05) is 28.5 Å². The number of rotatable bonds is 11. The maximum atomic E-state index is 13.6. The molecule has 35 heavy (non-hydrogen) atoms. The molecule has 0 saturated carbocycles. The van der Waals surface area contributed by atoms with Gasteiger partial charge in [0.2, 0.25) is 5.91 Å². The van der Waals surface area contributed by atoms with Crippen LogP contribution >= 0.6 is 31.9 Å². The molecule has 0 heterocycles. The molecule has 1 N–H and O–H groups in total. The molecule has 0 bridgehead atoms. The third kappa shape index (κ3) is 8.22. The van der Waals surface area contributed by atoms with Gasteiger partial charge in [0.25, 0.3) is 5.91 Å². The summed E-state index contributed by atoms with van der Waals surface area (Å²) in [7, 11) is 0. The van der Waals surface area contributed by atoms with Gasteiger partial charge < -0.3 is 15.0 Å². The van der Waals surface area contributed by atoms with E-state index in [1.54, 1.807) is 4.90 Å². The second-order valence-electron chi connectivity index (χ2n) is 8.34. The summed E-state index contributed by atoms with van der Waals surface area (Å²) in [5, 5.41) is 2.98. The summed E-state index contributed by atoms with van der Waals surface area (Å²) in [6, 6.07) is 22.5. The van der Waals surface area contributed by atoms with Crippen LogP contribution < -0.4 is 10.1 Å². The molecule has 0 aliphatic heterocycles. The quantitative estimate of drug-likeness (QED) is 0.290. The first-order chi connectivity index (χ1) is 16.9. The van der Waals surface area contributed by atoms with Gasteiger partial charge in [-0.15, -0.1) is 0 Å². The van der Waals surface area contributed by atoms with Crippen LogP contribution in [-0.4, -0.2) is 35.9 Å². The molecular formula is C28H30Br2N2O3. The highest BCUT2D eigenvalue weighted by Gasteiger charge is 2.30. The second kappa shape index (κ2) is 13.4. The van der Waals surface area contributed by atoms with E-state index in [1.165, 1.54) is 0 Å². The molecule has 1 atom stereocenters. The average Bonchev–Trinajstić information content (AvgIpc) is 2.87. The molecule has 184 valence electrons. The van der Waals surface area contributed by atoms with Gasteiger partial charge in [-0.3, -0.25) is 9.59 Å². The lowest BCUT2D eigenvalue weighted by Gasteiger charge is -2.31. The molecular weight excluding hydrogens is 572 g/mol. The first-order valence-electron chi connectivity index (χ1n) is 11.6. The van der Waals surface area contributed by atoms with Crippen LogP contribution in [-0.2, 0) is 22.6 Å². The summed E-state index contributed by atoms with van der Waals surface area (Å²) < 4.78 is 7.78. The van der Waals surface area contributed by atoms with Crippen molar-refractivity contribution in [2.24, 2.45) is 0 Å². The monoisotopic (exact) mass is 600 g/mol. The number of ether oxygens (including phenoxy) is 1. The van der Waals surface area contributed by atoms with Crippen molar-refractivity contribution >= 4 is 43.7 Å². The summed E-state index contributed by atoms with van der Waals surface area (Å²) in [5.74, 6) is 0.194. The van der Waals surface area contributed by atoms with E-state index in [-0.39, 0.29) is 18.4 Å². The van der Waals surface area contributed by atoms with Gasteiger partial charge in [0.15, 0.2) is 6.61 Å². The van der Waals surface area contributed by atoms with Crippen LogP contribution in [0.1, 0.15) is 30.0 Å². The number of benzene rings is 3. The molecule has 3 aromatic carbocycles. The third-order valence-electron chi connectivity index (χ3n) is 5.58. The summed E-state index contributed by atoms with van der Waals surface area (Å²) in [6.45, 7) is 4.66. The third-order valence-corrected chi connectivity index (χ3v) is 7.00. The second-order valence-corrected chi connectivity index (χ2v) is 10.1. The molecule has 0 radical (unpaired) electrons. The highest BCUT2D eigenvalue weighted by molar-refractivity contribution is 9.10. The largest absolute Gasteiger partial charge is 0.484 e. The van der Waals surface area contributed by atoms with Crippen LogP contribution in [0.2, 0.25) is 0 Å². The molecule has 0 aliphatic carbocycles. The topological polar surface area (TPSA) is 58.6 Å². The lowest BCUT2D eigenvalue weighted by atomic mass is 10.0. The predicted octanol–water partition coefficient (Wildman–Crippen LogP) is 6.07. The number of carbonyl (C=O) groups excluding carboxylic acids is 2. The van der Waals surface area contributed by atoms with Crippen LogP contribution in [0.4, 0.5) is 0 Å². The molecule has 0 aromatic heterocycles. The highest BCUT2D eigenvalue weighted by atomic mass is 79.9. The summed E-state index contributed by atoms with van der Waals surface area (Å²) in [4.78, 5) is 28.5. The van der Waals surface area contributed by atoms with Gasteiger partial charge in [0.1, 0.15) is 11.8 Å². The normalized spacial score (nSPS) is 11.5. The van der Waals surface area contributed by atoms with Gasteiger partial charge in [-0.05, 0) is 60.4 Å². The minimum atomic E-state index is -0.671. The number of nitrogens with one attached hydrogen (secondary N) is 1. The lowest BCUT2D eigenvalue weighted by molar-refractivity contribution is -0.142. The SMILES string of the molecule is CCCNC(=O)[C@@H](Cc1ccccc1)N(Cc1ccc(Br)cc1)C(=O)COc1ccc(Br)c(C)c1. The molecule has 7 heteroatoms. The van der Waals surface area contributed by atoms with E-state index < -0.39 is 6.04 Å². The maximum Gasteiger partial charge on any atom is 0.261 e. The summed E-state index contributed by atoms with van der Waals surface area (Å²) >= 11 is 6.94. The average molecular weight is 602 g/mol. The molecule has 5 nitrogen and oxygen atoms in total. The Kier molecular flexibility index (Phi) is 10.4. The number of amides is 2. The zero-order valence-corrected chi connectivity index (χ0v) is 23.1. The van der Waals surface area contributed by atoms with Crippen LogP contribution in [0.5, 0.6) is 5.75 Å². The first kappa shape index (κ1) is 27.0. The van der Waals surface area contributed by atoms with E-state index in [0.717, 1.165) is 32.1 Å². The van der Waals surface area contributed by atoms with Crippen LogP contribution in [0.15, 0.2) is 81.7 Å². The number of halogens is 2. The van der Waals surface area contributed by atoms with E-state index >= 15 is 0 Å². The molecule has 0 aliphatic rings. The van der Waals surface area contributed by atoms with E-state index in [1.807, 2.05) is 86.6 Å². The Morgan fingerprint density at radius 1 is 0.971 bits per heavy atom. The zero-order valence-electron chi connectivity index (χ0n) is 20.0. The fourth-order valence-electron chi connectivity index (χ4n) is 3.64. The smallest absolute Gasteiger partial charge is 0.261 e. The molecule has 0 fully saturated rings. The van der Waals surface area contributed by atoms with Crippen molar-refractivity contribution in [2.45, 2.75) is 39.3 Å². The van der Waals surface area contributed by atoms with Gasteiger partial charge in [-0.25, -0.2) is 0 Å². The highest BCUT2D eigenvalue weighted by Crippen LogP contribution is 2.22. The molecule has 0 saturated heterocycles. The van der Waals surface area contributed by atoms with Gasteiger partial charge in [-0.1, -0.05) is 81.2 Å². The standard InChI is InChI=1S/C28H30Br2N2O3/c1-3-15-31-28(34)26(17-21-7-5-4-6-8-21)32(18-22-9-11-23(29)12-10-22)27(33)19-35-24-13-14-25(30)20(2)16-24/h4-14,16,26H,3,15,17-19H2,1-2H3,(H,31,34)/t26-/m1/s1. The number of hydrogen-bond acceptors (Lipinski definition) is 3. The van der Waals surface area contributed by atoms with E-state index in [4.69, 9.17) is 4.74 Å². The van der Waals surface area contributed by atoms with Gasteiger partial charge in [0.05, 0.1) is 0 Å².